The van der Waals surface area contributed by atoms with Gasteiger partial charge in [-0.1, -0.05) is 54.6 Å². The normalized spacial score (nSPS) is 11.4. The molecule has 0 atom stereocenters. The lowest BCUT2D eigenvalue weighted by atomic mass is 10.1. The van der Waals surface area contributed by atoms with Gasteiger partial charge in [-0.05, 0) is 30.7 Å². The van der Waals surface area contributed by atoms with Crippen molar-refractivity contribution in [1.29, 1.82) is 0 Å². The summed E-state index contributed by atoms with van der Waals surface area (Å²) in [5.41, 5.74) is 4.97. The number of aliphatic imine (C=N–C) groups is 1. The number of para-hydroxylation sites is 1. The summed E-state index contributed by atoms with van der Waals surface area (Å²) in [4.78, 5) is 9.30. The highest BCUT2D eigenvalue weighted by molar-refractivity contribution is 6.12. The second-order valence-electron chi connectivity index (χ2n) is 4.83. The van der Waals surface area contributed by atoms with E-state index in [0.29, 0.717) is 0 Å². The summed E-state index contributed by atoms with van der Waals surface area (Å²) >= 11 is 0. The van der Waals surface area contributed by atoms with Crippen LogP contribution < -0.4 is 0 Å². The monoisotopic (exact) mass is 272 g/mol. The van der Waals surface area contributed by atoms with Gasteiger partial charge >= 0.3 is 0 Å². The lowest BCUT2D eigenvalue weighted by Crippen LogP contribution is -2.05. The maximum atomic E-state index is 4.85. The van der Waals surface area contributed by atoms with Crippen LogP contribution in [0.2, 0.25) is 0 Å². The number of aromatic nitrogens is 1. The van der Waals surface area contributed by atoms with Crippen LogP contribution in [0.3, 0.4) is 0 Å². The molecule has 0 aliphatic rings. The molecule has 1 aromatic heterocycles. The number of hydrogen-bond donors (Lipinski definition) is 0. The molecular weight excluding hydrogens is 256 g/mol. The molecule has 21 heavy (non-hydrogen) atoms. The topological polar surface area (TPSA) is 25.2 Å². The van der Waals surface area contributed by atoms with Crippen LogP contribution in [0.25, 0.3) is 0 Å². The van der Waals surface area contributed by atoms with Gasteiger partial charge in [0.15, 0.2) is 0 Å². The summed E-state index contributed by atoms with van der Waals surface area (Å²) in [6, 6.07) is 24.2. The molecule has 0 saturated carbocycles. The summed E-state index contributed by atoms with van der Waals surface area (Å²) < 4.78 is 0. The second-order valence-corrected chi connectivity index (χ2v) is 4.83. The molecule has 0 bridgehead atoms. The highest BCUT2D eigenvalue weighted by atomic mass is 14.8. The van der Waals surface area contributed by atoms with E-state index in [0.717, 1.165) is 28.2 Å². The maximum Gasteiger partial charge on any atom is 0.0965 e. The quantitative estimate of drug-likeness (QED) is 0.642. The molecule has 0 unspecified atom stereocenters. The molecule has 1 heterocycles. The first kappa shape index (κ1) is 13.3. The molecule has 2 nitrogen and oxygen atoms in total. The molecule has 2 heteroatoms. The van der Waals surface area contributed by atoms with Gasteiger partial charge in [-0.15, -0.1) is 0 Å². The number of rotatable bonds is 3. The average molecular weight is 272 g/mol. The Balaban J connectivity index is 2.16. The van der Waals surface area contributed by atoms with E-state index in [-0.39, 0.29) is 0 Å². The molecule has 0 radical (unpaired) electrons. The van der Waals surface area contributed by atoms with Gasteiger partial charge < -0.3 is 0 Å². The van der Waals surface area contributed by atoms with E-state index in [2.05, 4.69) is 30.1 Å². The number of benzene rings is 2. The van der Waals surface area contributed by atoms with Gasteiger partial charge in [-0.2, -0.15) is 0 Å². The molecule has 102 valence electrons. The fourth-order valence-corrected chi connectivity index (χ4v) is 2.18. The predicted molar refractivity (Wildman–Crippen MR) is 87.2 cm³/mol. The second kappa shape index (κ2) is 6.14. The summed E-state index contributed by atoms with van der Waals surface area (Å²) in [5.74, 6) is 0. The molecule has 0 N–H and O–H groups in total. The van der Waals surface area contributed by atoms with E-state index in [1.54, 1.807) is 6.20 Å². The lowest BCUT2D eigenvalue weighted by Gasteiger charge is -2.08. The van der Waals surface area contributed by atoms with Gasteiger partial charge in [0, 0.05) is 11.8 Å². The Kier molecular flexibility index (Phi) is 3.88. The first-order valence-electron chi connectivity index (χ1n) is 6.96. The van der Waals surface area contributed by atoms with Crippen LogP contribution in [-0.2, 0) is 0 Å². The minimum Gasteiger partial charge on any atom is -0.255 e. The summed E-state index contributed by atoms with van der Waals surface area (Å²) in [6.45, 7) is 2.07. The van der Waals surface area contributed by atoms with E-state index >= 15 is 0 Å². The van der Waals surface area contributed by atoms with E-state index < -0.39 is 0 Å². The Morgan fingerprint density at radius 1 is 0.810 bits per heavy atom. The van der Waals surface area contributed by atoms with Crippen LogP contribution in [0.15, 0.2) is 84.0 Å². The molecule has 0 saturated heterocycles. The van der Waals surface area contributed by atoms with Gasteiger partial charge in [0.1, 0.15) is 0 Å². The van der Waals surface area contributed by atoms with E-state index in [1.165, 1.54) is 0 Å². The van der Waals surface area contributed by atoms with Gasteiger partial charge in [0.25, 0.3) is 0 Å². The van der Waals surface area contributed by atoms with Crippen molar-refractivity contribution >= 4 is 11.4 Å². The van der Waals surface area contributed by atoms with Crippen molar-refractivity contribution in [2.24, 2.45) is 4.99 Å². The van der Waals surface area contributed by atoms with Gasteiger partial charge in [-0.3, -0.25) is 4.98 Å². The van der Waals surface area contributed by atoms with E-state index in [4.69, 9.17) is 4.99 Å². The smallest absolute Gasteiger partial charge is 0.0965 e. The highest BCUT2D eigenvalue weighted by Crippen LogP contribution is 2.20. The van der Waals surface area contributed by atoms with E-state index in [9.17, 15) is 0 Å². The zero-order valence-electron chi connectivity index (χ0n) is 11.9. The van der Waals surface area contributed by atoms with Gasteiger partial charge in [0.05, 0.1) is 17.1 Å². The Hall–Kier alpha value is -2.74. The summed E-state index contributed by atoms with van der Waals surface area (Å²) in [5, 5.41) is 0. The molecule has 3 aromatic rings. The Bertz CT molecular complexity index is 705. The van der Waals surface area contributed by atoms with Crippen LogP contribution in [0, 0.1) is 6.92 Å². The molecule has 0 fully saturated rings. The number of hydrogen-bond acceptors (Lipinski definition) is 2. The SMILES string of the molecule is Cc1ccccc1/N=C(\c1ccccc1)c1ccccn1. The van der Waals surface area contributed by atoms with Crippen LogP contribution >= 0.6 is 0 Å². The molecule has 3 rings (SSSR count). The van der Waals surface area contributed by atoms with Crippen molar-refractivity contribution in [3.63, 3.8) is 0 Å². The first-order valence-corrected chi connectivity index (χ1v) is 6.96. The van der Waals surface area contributed by atoms with Crippen LogP contribution in [0.4, 0.5) is 5.69 Å². The first-order chi connectivity index (χ1) is 10.3. The van der Waals surface area contributed by atoms with Crippen LogP contribution in [0.1, 0.15) is 16.8 Å². The lowest BCUT2D eigenvalue weighted by molar-refractivity contribution is 1.28. The van der Waals surface area contributed by atoms with Crippen molar-refractivity contribution in [3.8, 4) is 0 Å². The average Bonchev–Trinajstić information content (AvgIpc) is 2.56. The van der Waals surface area contributed by atoms with Gasteiger partial charge in [0.2, 0.25) is 0 Å². The molecular formula is C19H16N2. The van der Waals surface area contributed by atoms with Crippen molar-refractivity contribution < 1.29 is 0 Å². The minimum atomic E-state index is 0.881. The third-order valence-electron chi connectivity index (χ3n) is 3.30. The highest BCUT2D eigenvalue weighted by Gasteiger charge is 2.08. The number of aryl methyl sites for hydroxylation is 1. The fraction of sp³-hybridized carbons (Fsp3) is 0.0526. The molecule has 0 amide bonds. The van der Waals surface area contributed by atoms with Crippen molar-refractivity contribution in [2.45, 2.75) is 6.92 Å². The molecule has 0 aliphatic heterocycles. The number of nitrogens with zero attached hydrogens (tertiary/aromatic N) is 2. The van der Waals surface area contributed by atoms with Crippen LogP contribution in [0.5, 0.6) is 0 Å². The molecule has 2 aromatic carbocycles. The molecule has 0 aliphatic carbocycles. The fourth-order valence-electron chi connectivity index (χ4n) is 2.18. The Morgan fingerprint density at radius 3 is 2.24 bits per heavy atom. The Morgan fingerprint density at radius 2 is 1.52 bits per heavy atom. The summed E-state index contributed by atoms with van der Waals surface area (Å²) in [6.07, 6.45) is 1.80. The standard InChI is InChI=1S/C19H16N2/c1-15-9-5-6-12-17(15)21-19(16-10-3-2-4-11-16)18-13-7-8-14-20-18/h2-14H,1H3/b21-19+. The summed E-state index contributed by atoms with van der Waals surface area (Å²) in [7, 11) is 0. The van der Waals surface area contributed by atoms with E-state index in [1.807, 2.05) is 54.6 Å². The zero-order chi connectivity index (χ0) is 14.5. The van der Waals surface area contributed by atoms with Crippen molar-refractivity contribution in [1.82, 2.24) is 4.98 Å². The largest absolute Gasteiger partial charge is 0.255 e. The molecule has 0 spiro atoms. The number of pyridine rings is 1. The predicted octanol–water partition coefficient (Wildman–Crippen LogP) is 4.56. The zero-order valence-corrected chi connectivity index (χ0v) is 11.9. The van der Waals surface area contributed by atoms with Gasteiger partial charge in [-0.25, -0.2) is 4.99 Å². The minimum absolute atomic E-state index is 0.881. The third-order valence-corrected chi connectivity index (χ3v) is 3.30. The van der Waals surface area contributed by atoms with Crippen molar-refractivity contribution in [3.05, 3.63) is 95.8 Å². The third kappa shape index (κ3) is 3.06. The van der Waals surface area contributed by atoms with Crippen LogP contribution in [-0.4, -0.2) is 10.7 Å². The van der Waals surface area contributed by atoms with Crippen molar-refractivity contribution in [2.75, 3.05) is 0 Å². The maximum absolute atomic E-state index is 4.85. The Labute approximate surface area is 124 Å².